The van der Waals surface area contributed by atoms with Crippen molar-refractivity contribution in [3.63, 3.8) is 0 Å². The summed E-state index contributed by atoms with van der Waals surface area (Å²) in [5.41, 5.74) is 0.415. The third-order valence-corrected chi connectivity index (χ3v) is 4.91. The Hall–Kier alpha value is -1.07. The summed E-state index contributed by atoms with van der Waals surface area (Å²) in [6.45, 7) is 2.02. The number of aromatic amines is 1. The zero-order valence-corrected chi connectivity index (χ0v) is 16.6. The first-order chi connectivity index (χ1) is 10.9. The molecule has 0 saturated carbocycles. The van der Waals surface area contributed by atoms with Gasteiger partial charge in [-0.25, -0.2) is 9.78 Å². The van der Waals surface area contributed by atoms with Gasteiger partial charge in [0.15, 0.2) is 0 Å². The molecule has 0 amide bonds. The van der Waals surface area contributed by atoms with Crippen molar-refractivity contribution < 1.29 is 15.0 Å². The second-order valence-corrected chi connectivity index (χ2v) is 7.64. The Morgan fingerprint density at radius 2 is 2.26 bits per heavy atom. The third-order valence-electron chi connectivity index (χ3n) is 2.75. The average molecular weight is 510 g/mol. The number of thioether (sulfide) groups is 1. The zero-order chi connectivity index (χ0) is 17.0. The van der Waals surface area contributed by atoms with Crippen molar-refractivity contribution in [2.45, 2.75) is 24.9 Å². The fraction of sp³-hybridized carbons (Fsp3) is 0.214. The molecule has 0 aliphatic rings. The number of hydrogen-bond acceptors (Lipinski definition) is 5. The number of benzene rings is 1. The van der Waals surface area contributed by atoms with Crippen LogP contribution in [0.5, 0.6) is 5.75 Å². The van der Waals surface area contributed by atoms with E-state index >= 15 is 0 Å². The van der Waals surface area contributed by atoms with Gasteiger partial charge < -0.3 is 10.2 Å². The number of nitrogens with zero attached hydrogens (tertiary/aromatic N) is 2. The maximum absolute atomic E-state index is 11.5. The van der Waals surface area contributed by atoms with Crippen LogP contribution in [0.25, 0.3) is 6.08 Å². The van der Waals surface area contributed by atoms with Crippen LogP contribution in [0.1, 0.15) is 24.7 Å². The van der Waals surface area contributed by atoms with Gasteiger partial charge in [-0.3, -0.25) is 5.10 Å². The molecule has 0 bridgehead atoms. The van der Waals surface area contributed by atoms with Gasteiger partial charge in [0.05, 0.1) is 3.57 Å². The lowest BCUT2D eigenvalue weighted by Crippen LogP contribution is -1.97. The van der Waals surface area contributed by atoms with Crippen molar-refractivity contribution in [1.82, 2.24) is 15.2 Å². The van der Waals surface area contributed by atoms with Crippen molar-refractivity contribution in [3.05, 3.63) is 36.5 Å². The van der Waals surface area contributed by atoms with Crippen molar-refractivity contribution in [1.29, 1.82) is 0 Å². The summed E-state index contributed by atoms with van der Waals surface area (Å²) in [4.78, 5) is 15.7. The standard InChI is InChI=1S/C14H13BrIN3O3S/c1-2-3-11-17-14(19-18-11)23-10(13(21)22)5-7-4-8(15)6-9(16)12(7)20/h4-6,20H,2-3H2,1H3,(H,21,22)(H,17,18,19)/b10-5-. The molecule has 122 valence electrons. The monoisotopic (exact) mass is 509 g/mol. The van der Waals surface area contributed by atoms with E-state index in [1.165, 1.54) is 6.08 Å². The Morgan fingerprint density at radius 1 is 1.52 bits per heavy atom. The van der Waals surface area contributed by atoms with Crippen LogP contribution in [0.4, 0.5) is 0 Å². The van der Waals surface area contributed by atoms with E-state index in [9.17, 15) is 15.0 Å². The number of carboxylic acids is 1. The minimum atomic E-state index is -1.11. The molecule has 3 N–H and O–H groups in total. The minimum absolute atomic E-state index is 0.0243. The largest absolute Gasteiger partial charge is 0.506 e. The van der Waals surface area contributed by atoms with Crippen LogP contribution in [-0.2, 0) is 11.2 Å². The van der Waals surface area contributed by atoms with Crippen LogP contribution in [0.3, 0.4) is 0 Å². The first-order valence-corrected chi connectivity index (χ1v) is 9.31. The van der Waals surface area contributed by atoms with E-state index in [-0.39, 0.29) is 10.7 Å². The van der Waals surface area contributed by atoms with E-state index in [1.807, 2.05) is 29.5 Å². The van der Waals surface area contributed by atoms with Gasteiger partial charge in [0.2, 0.25) is 5.16 Å². The summed E-state index contributed by atoms with van der Waals surface area (Å²) in [5.74, 6) is -0.347. The molecule has 23 heavy (non-hydrogen) atoms. The number of aliphatic carboxylic acids is 1. The number of aromatic hydroxyl groups is 1. The number of H-pyrrole nitrogens is 1. The molecule has 2 rings (SSSR count). The molecule has 2 aromatic rings. The number of rotatable bonds is 6. The van der Waals surface area contributed by atoms with Crippen LogP contribution >= 0.6 is 50.3 Å². The molecule has 0 spiro atoms. The van der Waals surface area contributed by atoms with Crippen LogP contribution in [0.15, 0.2) is 26.7 Å². The van der Waals surface area contributed by atoms with Gasteiger partial charge in [0.1, 0.15) is 16.5 Å². The lowest BCUT2D eigenvalue weighted by Gasteiger charge is -2.05. The lowest BCUT2D eigenvalue weighted by molar-refractivity contribution is -0.131. The number of hydrogen-bond donors (Lipinski definition) is 3. The maximum atomic E-state index is 11.5. The number of aromatic nitrogens is 3. The summed E-state index contributed by atoms with van der Waals surface area (Å²) in [5, 5.41) is 26.6. The van der Waals surface area contributed by atoms with Gasteiger partial charge in [-0.15, -0.1) is 5.10 Å². The molecular weight excluding hydrogens is 497 g/mol. The zero-order valence-electron chi connectivity index (χ0n) is 12.0. The van der Waals surface area contributed by atoms with Crippen LogP contribution in [0, 0.1) is 3.57 Å². The first-order valence-electron chi connectivity index (χ1n) is 6.62. The highest BCUT2D eigenvalue weighted by atomic mass is 127. The molecule has 0 aliphatic heterocycles. The number of carboxylic acid groups (broad SMARTS) is 1. The summed E-state index contributed by atoms with van der Waals surface area (Å²) in [6.07, 6.45) is 3.08. The smallest absolute Gasteiger partial charge is 0.342 e. The molecule has 9 heteroatoms. The number of phenols is 1. The van der Waals surface area contributed by atoms with Gasteiger partial charge in [-0.05, 0) is 59.0 Å². The van der Waals surface area contributed by atoms with E-state index in [2.05, 4.69) is 31.1 Å². The topological polar surface area (TPSA) is 99.1 Å². The van der Waals surface area contributed by atoms with E-state index in [0.29, 0.717) is 14.3 Å². The average Bonchev–Trinajstić information content (AvgIpc) is 2.91. The number of phenolic OH excluding ortho intramolecular Hbond substituents is 1. The highest BCUT2D eigenvalue weighted by Gasteiger charge is 2.15. The Kier molecular flexibility index (Phi) is 6.48. The minimum Gasteiger partial charge on any atom is -0.506 e. The Labute approximate surface area is 159 Å². The summed E-state index contributed by atoms with van der Waals surface area (Å²) < 4.78 is 1.38. The maximum Gasteiger partial charge on any atom is 0.342 e. The molecule has 0 fully saturated rings. The molecule has 1 aromatic heterocycles. The second-order valence-electron chi connectivity index (χ2n) is 4.56. The second kappa shape index (κ2) is 8.15. The van der Waals surface area contributed by atoms with Gasteiger partial charge in [0, 0.05) is 16.5 Å². The fourth-order valence-corrected chi connectivity index (χ4v) is 4.01. The highest BCUT2D eigenvalue weighted by molar-refractivity contribution is 14.1. The van der Waals surface area contributed by atoms with Crippen molar-refractivity contribution in [3.8, 4) is 5.75 Å². The molecule has 0 atom stereocenters. The summed E-state index contributed by atoms with van der Waals surface area (Å²) in [6, 6.07) is 3.40. The van der Waals surface area contributed by atoms with Crippen molar-refractivity contribution in [2.75, 3.05) is 0 Å². The van der Waals surface area contributed by atoms with Crippen molar-refractivity contribution >= 4 is 62.3 Å². The normalized spacial score (nSPS) is 11.7. The Morgan fingerprint density at radius 3 is 2.91 bits per heavy atom. The lowest BCUT2D eigenvalue weighted by atomic mass is 10.2. The SMILES string of the molecule is CCCc1nc(S/C(=C\c2cc(Br)cc(I)c2O)C(=O)O)n[nH]1. The molecule has 6 nitrogen and oxygen atoms in total. The van der Waals surface area contributed by atoms with Crippen LogP contribution < -0.4 is 0 Å². The number of halogens is 2. The molecule has 0 saturated heterocycles. The van der Waals surface area contributed by atoms with Gasteiger partial charge in [0.25, 0.3) is 0 Å². The molecule has 0 unspecified atom stereocenters. The molecule has 1 heterocycles. The quantitative estimate of drug-likeness (QED) is 0.308. The Bertz CT molecular complexity index is 764. The predicted molar refractivity (Wildman–Crippen MR) is 100 cm³/mol. The predicted octanol–water partition coefficient (Wildman–Crippen LogP) is 4.05. The molecular formula is C14H13BrIN3O3S. The third kappa shape index (κ3) is 4.95. The fourth-order valence-electron chi connectivity index (χ4n) is 1.74. The van der Waals surface area contributed by atoms with Crippen LogP contribution in [-0.4, -0.2) is 31.4 Å². The van der Waals surface area contributed by atoms with E-state index in [4.69, 9.17) is 0 Å². The number of aryl methyl sites for hydroxylation is 1. The summed E-state index contributed by atoms with van der Waals surface area (Å²) in [7, 11) is 0. The van der Waals surface area contributed by atoms with Crippen LogP contribution in [0.2, 0.25) is 0 Å². The first kappa shape index (κ1) is 18.3. The highest BCUT2D eigenvalue weighted by Crippen LogP contribution is 2.33. The van der Waals surface area contributed by atoms with Crippen molar-refractivity contribution in [2.24, 2.45) is 0 Å². The van der Waals surface area contributed by atoms with Gasteiger partial charge in [-0.2, -0.15) is 0 Å². The summed E-state index contributed by atoms with van der Waals surface area (Å²) >= 11 is 6.25. The molecule has 1 aromatic carbocycles. The molecule has 0 radical (unpaired) electrons. The molecule has 0 aliphatic carbocycles. The van der Waals surface area contributed by atoms with E-state index in [0.717, 1.165) is 34.9 Å². The van der Waals surface area contributed by atoms with E-state index in [1.54, 1.807) is 12.1 Å². The Balaban J connectivity index is 2.32. The van der Waals surface area contributed by atoms with Gasteiger partial charge in [-0.1, -0.05) is 22.9 Å². The number of carbonyl (C=O) groups is 1. The number of nitrogens with one attached hydrogen (secondary N) is 1. The van der Waals surface area contributed by atoms with Gasteiger partial charge >= 0.3 is 5.97 Å². The van der Waals surface area contributed by atoms with E-state index < -0.39 is 5.97 Å².